The third kappa shape index (κ3) is 2.71. The van der Waals surface area contributed by atoms with Gasteiger partial charge in [-0.25, -0.2) is 17.6 Å². The lowest BCUT2D eigenvalue weighted by Crippen LogP contribution is -2.14. The number of halogens is 4. The molecular weight excluding hydrogens is 278 g/mol. The molecule has 104 valence electrons. The van der Waals surface area contributed by atoms with Crippen molar-refractivity contribution in [2.75, 3.05) is 5.32 Å². The van der Waals surface area contributed by atoms with Crippen LogP contribution < -0.4 is 5.32 Å². The van der Waals surface area contributed by atoms with Crippen LogP contribution in [0.2, 0.25) is 0 Å². The van der Waals surface area contributed by atoms with Crippen molar-refractivity contribution in [3.8, 4) is 5.75 Å². The minimum Gasteiger partial charge on any atom is -0.507 e. The molecule has 2 aromatic rings. The summed E-state index contributed by atoms with van der Waals surface area (Å²) >= 11 is 0. The number of hydrogen-bond donors (Lipinski definition) is 2. The van der Waals surface area contributed by atoms with E-state index in [0.29, 0.717) is 6.07 Å². The Kier molecular flexibility index (Phi) is 3.60. The molecule has 0 aromatic heterocycles. The van der Waals surface area contributed by atoms with Gasteiger partial charge in [0.25, 0.3) is 5.91 Å². The van der Waals surface area contributed by atoms with Gasteiger partial charge in [0.05, 0.1) is 11.3 Å². The Morgan fingerprint density at radius 1 is 0.950 bits per heavy atom. The van der Waals surface area contributed by atoms with E-state index in [1.807, 2.05) is 5.32 Å². The first kappa shape index (κ1) is 13.9. The van der Waals surface area contributed by atoms with Crippen molar-refractivity contribution < 1.29 is 27.5 Å². The van der Waals surface area contributed by atoms with Crippen LogP contribution in [0.3, 0.4) is 0 Å². The fraction of sp³-hybridized carbons (Fsp3) is 0. The molecule has 0 unspecified atom stereocenters. The zero-order valence-electron chi connectivity index (χ0n) is 9.75. The average molecular weight is 285 g/mol. The Morgan fingerprint density at radius 3 is 2.30 bits per heavy atom. The van der Waals surface area contributed by atoms with Crippen molar-refractivity contribution >= 4 is 11.6 Å². The van der Waals surface area contributed by atoms with Crippen molar-refractivity contribution in [1.82, 2.24) is 0 Å². The van der Waals surface area contributed by atoms with Gasteiger partial charge in [-0.2, -0.15) is 0 Å². The second-order valence-electron chi connectivity index (χ2n) is 3.86. The van der Waals surface area contributed by atoms with Crippen LogP contribution in [0.5, 0.6) is 5.75 Å². The van der Waals surface area contributed by atoms with Crippen LogP contribution in [0.4, 0.5) is 23.2 Å². The number of carbonyl (C=O) groups is 1. The molecule has 0 aliphatic carbocycles. The molecule has 0 atom stereocenters. The zero-order valence-corrected chi connectivity index (χ0v) is 9.75. The van der Waals surface area contributed by atoms with Crippen LogP contribution in [0.25, 0.3) is 0 Å². The molecule has 0 aliphatic rings. The lowest BCUT2D eigenvalue weighted by molar-refractivity contribution is 0.102. The maximum absolute atomic E-state index is 13.3. The predicted octanol–water partition coefficient (Wildman–Crippen LogP) is 3.20. The average Bonchev–Trinajstić information content (AvgIpc) is 2.38. The maximum Gasteiger partial charge on any atom is 0.259 e. The molecule has 1 amide bonds. The van der Waals surface area contributed by atoms with Crippen LogP contribution in [0.1, 0.15) is 10.4 Å². The molecule has 0 saturated carbocycles. The fourth-order valence-corrected chi connectivity index (χ4v) is 1.50. The van der Waals surface area contributed by atoms with Gasteiger partial charge in [-0.15, -0.1) is 0 Å². The minimum atomic E-state index is -1.41. The van der Waals surface area contributed by atoms with Gasteiger partial charge in [-0.05, 0) is 18.2 Å². The van der Waals surface area contributed by atoms with Crippen molar-refractivity contribution in [2.45, 2.75) is 0 Å². The first-order chi connectivity index (χ1) is 9.38. The number of aromatic hydroxyl groups is 1. The molecule has 0 radical (unpaired) electrons. The highest BCUT2D eigenvalue weighted by Gasteiger charge is 2.16. The molecule has 3 nitrogen and oxygen atoms in total. The summed E-state index contributed by atoms with van der Waals surface area (Å²) in [7, 11) is 0. The highest BCUT2D eigenvalue weighted by molar-refractivity contribution is 6.06. The first-order valence-electron chi connectivity index (χ1n) is 5.33. The van der Waals surface area contributed by atoms with E-state index in [9.17, 15) is 27.5 Å². The number of carbonyl (C=O) groups excluding carboxylic acids is 1. The summed E-state index contributed by atoms with van der Waals surface area (Å²) < 4.78 is 52.0. The Balaban J connectivity index is 2.32. The third-order valence-corrected chi connectivity index (χ3v) is 2.46. The summed E-state index contributed by atoms with van der Waals surface area (Å²) in [5.41, 5.74) is -1.09. The number of anilines is 1. The van der Waals surface area contributed by atoms with Crippen LogP contribution in [0, 0.1) is 23.3 Å². The van der Waals surface area contributed by atoms with E-state index in [2.05, 4.69) is 0 Å². The molecule has 2 aromatic carbocycles. The smallest absolute Gasteiger partial charge is 0.259 e. The van der Waals surface area contributed by atoms with Gasteiger partial charge < -0.3 is 10.4 Å². The third-order valence-electron chi connectivity index (χ3n) is 2.46. The first-order valence-corrected chi connectivity index (χ1v) is 5.33. The van der Waals surface area contributed by atoms with Crippen molar-refractivity contribution in [1.29, 1.82) is 0 Å². The summed E-state index contributed by atoms with van der Waals surface area (Å²) in [4.78, 5) is 11.7. The van der Waals surface area contributed by atoms with Gasteiger partial charge in [0, 0.05) is 12.1 Å². The molecule has 20 heavy (non-hydrogen) atoms. The Morgan fingerprint density at radius 2 is 1.60 bits per heavy atom. The summed E-state index contributed by atoms with van der Waals surface area (Å²) in [6.07, 6.45) is 0. The van der Waals surface area contributed by atoms with E-state index in [1.165, 1.54) is 0 Å². The van der Waals surface area contributed by atoms with Crippen LogP contribution in [0.15, 0.2) is 30.3 Å². The molecular formula is C13H7F4NO2. The molecule has 0 saturated heterocycles. The van der Waals surface area contributed by atoms with Gasteiger partial charge >= 0.3 is 0 Å². The second-order valence-corrected chi connectivity index (χ2v) is 3.86. The Labute approximate surface area is 110 Å². The molecule has 0 spiro atoms. The summed E-state index contributed by atoms with van der Waals surface area (Å²) in [6.45, 7) is 0. The lowest BCUT2D eigenvalue weighted by Gasteiger charge is -2.08. The van der Waals surface area contributed by atoms with Gasteiger partial charge in [0.2, 0.25) is 0 Å². The monoisotopic (exact) mass is 285 g/mol. The molecule has 0 bridgehead atoms. The van der Waals surface area contributed by atoms with Crippen molar-refractivity contribution in [3.63, 3.8) is 0 Å². The molecule has 7 heteroatoms. The van der Waals surface area contributed by atoms with Crippen LogP contribution in [-0.4, -0.2) is 11.0 Å². The highest BCUT2D eigenvalue weighted by atomic mass is 19.2. The molecule has 0 fully saturated rings. The lowest BCUT2D eigenvalue weighted by atomic mass is 10.1. The molecule has 2 N–H and O–H groups in total. The van der Waals surface area contributed by atoms with E-state index in [0.717, 1.165) is 18.2 Å². The molecule has 2 rings (SSSR count). The van der Waals surface area contributed by atoms with E-state index in [-0.39, 0.29) is 6.07 Å². The Bertz CT molecular complexity index is 688. The number of rotatable bonds is 2. The van der Waals surface area contributed by atoms with Crippen molar-refractivity contribution in [2.24, 2.45) is 0 Å². The maximum atomic E-state index is 13.3. The normalized spacial score (nSPS) is 10.4. The number of benzene rings is 2. The quantitative estimate of drug-likeness (QED) is 0.657. The SMILES string of the molecule is O=C(Nc1cc(F)c(F)cc1F)c1cc(F)ccc1O. The summed E-state index contributed by atoms with van der Waals surface area (Å²) in [6, 6.07) is 3.29. The Hall–Kier alpha value is -2.57. The van der Waals surface area contributed by atoms with E-state index >= 15 is 0 Å². The van der Waals surface area contributed by atoms with Gasteiger partial charge in [0.15, 0.2) is 11.6 Å². The molecule has 0 heterocycles. The number of phenols is 1. The van der Waals surface area contributed by atoms with Gasteiger partial charge in [-0.3, -0.25) is 4.79 Å². The van der Waals surface area contributed by atoms with Crippen LogP contribution in [-0.2, 0) is 0 Å². The number of nitrogens with one attached hydrogen (secondary N) is 1. The largest absolute Gasteiger partial charge is 0.507 e. The van der Waals surface area contributed by atoms with Gasteiger partial charge in [0.1, 0.15) is 17.4 Å². The predicted molar refractivity (Wildman–Crippen MR) is 62.3 cm³/mol. The van der Waals surface area contributed by atoms with E-state index < -0.39 is 46.2 Å². The second kappa shape index (κ2) is 5.20. The molecule has 0 aliphatic heterocycles. The van der Waals surface area contributed by atoms with Gasteiger partial charge in [-0.1, -0.05) is 0 Å². The number of hydrogen-bond acceptors (Lipinski definition) is 2. The topological polar surface area (TPSA) is 49.3 Å². The standard InChI is InChI=1S/C13H7F4NO2/c14-6-1-2-12(19)7(3-6)13(20)18-11-5-9(16)8(15)4-10(11)17/h1-5,19H,(H,18,20). The zero-order chi connectivity index (χ0) is 14.9. The van der Waals surface area contributed by atoms with Crippen LogP contribution >= 0.6 is 0 Å². The van der Waals surface area contributed by atoms with E-state index in [1.54, 1.807) is 0 Å². The summed E-state index contributed by atoms with van der Waals surface area (Å²) in [5, 5.41) is 11.3. The fourth-order valence-electron chi connectivity index (χ4n) is 1.50. The highest BCUT2D eigenvalue weighted by Crippen LogP contribution is 2.22. The number of amides is 1. The van der Waals surface area contributed by atoms with E-state index in [4.69, 9.17) is 0 Å². The summed E-state index contributed by atoms with van der Waals surface area (Å²) in [5.74, 6) is -6.36. The van der Waals surface area contributed by atoms with Crippen molar-refractivity contribution in [3.05, 3.63) is 59.2 Å². The number of phenolic OH excluding ortho intramolecular Hbond substituents is 1. The minimum absolute atomic E-state index is 0.260.